The van der Waals surface area contributed by atoms with Gasteiger partial charge in [0.1, 0.15) is 6.54 Å². The summed E-state index contributed by atoms with van der Waals surface area (Å²) < 4.78 is 10.9. The molecule has 0 saturated carbocycles. The maximum Gasteiger partial charge on any atom is 0.294 e. The topological polar surface area (TPSA) is 84.9 Å². The Kier molecular flexibility index (Phi) is 6.56. The van der Waals surface area contributed by atoms with Crippen LogP contribution in [0.25, 0.3) is 6.08 Å². The van der Waals surface area contributed by atoms with Crippen LogP contribution in [0.3, 0.4) is 0 Å². The van der Waals surface area contributed by atoms with Crippen molar-refractivity contribution in [3.05, 3.63) is 59.0 Å². The molecule has 2 aromatic carbocycles. The van der Waals surface area contributed by atoms with Gasteiger partial charge in [0, 0.05) is 11.3 Å². The first-order valence-corrected chi connectivity index (χ1v) is 9.75. The molecule has 1 heterocycles. The Morgan fingerprint density at radius 1 is 1.14 bits per heavy atom. The molecular formula is C21H20N2O5S. The number of anilines is 1. The summed E-state index contributed by atoms with van der Waals surface area (Å²) in [7, 11) is 1.53. The van der Waals surface area contributed by atoms with Gasteiger partial charge in [0.15, 0.2) is 11.5 Å². The molecule has 1 fully saturated rings. The van der Waals surface area contributed by atoms with Crippen LogP contribution in [0.1, 0.15) is 12.5 Å². The van der Waals surface area contributed by atoms with E-state index in [1.54, 1.807) is 48.5 Å². The van der Waals surface area contributed by atoms with Crippen LogP contribution in [0.4, 0.5) is 10.5 Å². The average molecular weight is 412 g/mol. The van der Waals surface area contributed by atoms with Gasteiger partial charge in [-0.25, -0.2) is 0 Å². The number of nitrogens with one attached hydrogen (secondary N) is 1. The molecule has 29 heavy (non-hydrogen) atoms. The number of benzene rings is 2. The molecule has 0 aromatic heterocycles. The van der Waals surface area contributed by atoms with Gasteiger partial charge in [-0.3, -0.25) is 19.3 Å². The molecule has 0 atom stereocenters. The van der Waals surface area contributed by atoms with Crippen molar-refractivity contribution in [3.8, 4) is 11.5 Å². The van der Waals surface area contributed by atoms with E-state index in [0.717, 1.165) is 16.7 Å². The Morgan fingerprint density at radius 3 is 2.59 bits per heavy atom. The number of thioether (sulfide) groups is 1. The smallest absolute Gasteiger partial charge is 0.294 e. The molecule has 1 aliphatic heterocycles. The number of carbonyl (C=O) groups excluding carboxylic acids is 3. The average Bonchev–Trinajstić information content (AvgIpc) is 2.97. The minimum absolute atomic E-state index is 0.219. The van der Waals surface area contributed by atoms with Gasteiger partial charge in [0.2, 0.25) is 5.91 Å². The van der Waals surface area contributed by atoms with Crippen molar-refractivity contribution >= 4 is 40.6 Å². The molecule has 1 aliphatic rings. The SMILES string of the molecule is CCOc1c(C=C2SC(=O)N(CC(=O)Nc3ccccc3)C2=O)cccc1OC. The number of amides is 3. The highest BCUT2D eigenvalue weighted by Crippen LogP contribution is 2.37. The summed E-state index contributed by atoms with van der Waals surface area (Å²) in [6.07, 6.45) is 1.58. The lowest BCUT2D eigenvalue weighted by molar-refractivity contribution is -0.127. The summed E-state index contributed by atoms with van der Waals surface area (Å²) in [6, 6.07) is 14.1. The second kappa shape index (κ2) is 9.29. The molecule has 0 unspecified atom stereocenters. The van der Waals surface area contributed by atoms with E-state index in [1.807, 2.05) is 13.0 Å². The van der Waals surface area contributed by atoms with Gasteiger partial charge in [-0.15, -0.1) is 0 Å². The lowest BCUT2D eigenvalue weighted by atomic mass is 10.1. The second-order valence-corrected chi connectivity index (χ2v) is 6.99. The number of ether oxygens (including phenoxy) is 2. The summed E-state index contributed by atoms with van der Waals surface area (Å²) in [6.45, 7) is 1.91. The van der Waals surface area contributed by atoms with Crippen LogP contribution in [0.15, 0.2) is 53.4 Å². The molecule has 150 valence electrons. The van der Waals surface area contributed by atoms with Crippen molar-refractivity contribution in [2.75, 3.05) is 25.6 Å². The Morgan fingerprint density at radius 2 is 1.90 bits per heavy atom. The predicted octanol–water partition coefficient (Wildman–Crippen LogP) is 3.77. The largest absolute Gasteiger partial charge is 0.493 e. The molecule has 0 bridgehead atoms. The maximum atomic E-state index is 12.7. The van der Waals surface area contributed by atoms with Gasteiger partial charge in [0.25, 0.3) is 11.1 Å². The van der Waals surface area contributed by atoms with E-state index in [-0.39, 0.29) is 11.4 Å². The predicted molar refractivity (Wildman–Crippen MR) is 112 cm³/mol. The molecule has 0 radical (unpaired) electrons. The monoisotopic (exact) mass is 412 g/mol. The standard InChI is InChI=1S/C21H20N2O5S/c1-3-28-19-14(8-7-11-16(19)27-2)12-17-20(25)23(21(26)29-17)13-18(24)22-15-9-5-4-6-10-15/h4-12H,3,13H2,1-2H3,(H,22,24). The first-order chi connectivity index (χ1) is 14.0. The molecule has 3 amide bonds. The van der Waals surface area contributed by atoms with E-state index < -0.39 is 17.1 Å². The van der Waals surface area contributed by atoms with Crippen LogP contribution in [0.2, 0.25) is 0 Å². The van der Waals surface area contributed by atoms with Crippen molar-refractivity contribution in [2.45, 2.75) is 6.92 Å². The Bertz CT molecular complexity index is 959. The third-order valence-electron chi connectivity index (χ3n) is 4.04. The molecule has 3 rings (SSSR count). The number of nitrogens with zero attached hydrogens (tertiary/aromatic N) is 1. The number of hydrogen-bond donors (Lipinski definition) is 1. The van der Waals surface area contributed by atoms with E-state index in [4.69, 9.17) is 9.47 Å². The molecule has 8 heteroatoms. The number of imide groups is 1. The number of hydrogen-bond acceptors (Lipinski definition) is 6. The minimum atomic E-state index is -0.520. The number of methoxy groups -OCH3 is 1. The van der Waals surface area contributed by atoms with Crippen LogP contribution in [0.5, 0.6) is 11.5 Å². The minimum Gasteiger partial charge on any atom is -0.493 e. The lowest BCUT2D eigenvalue weighted by Crippen LogP contribution is -2.36. The van der Waals surface area contributed by atoms with E-state index in [0.29, 0.717) is 29.4 Å². The molecule has 1 saturated heterocycles. The summed E-state index contributed by atoms with van der Waals surface area (Å²) in [5, 5.41) is 2.17. The van der Waals surface area contributed by atoms with E-state index in [1.165, 1.54) is 7.11 Å². The highest BCUT2D eigenvalue weighted by molar-refractivity contribution is 8.18. The molecule has 0 spiro atoms. The molecular weight excluding hydrogens is 392 g/mol. The van der Waals surface area contributed by atoms with Crippen molar-refractivity contribution in [3.63, 3.8) is 0 Å². The zero-order valence-electron chi connectivity index (χ0n) is 16.0. The zero-order valence-corrected chi connectivity index (χ0v) is 16.8. The van der Waals surface area contributed by atoms with Crippen molar-refractivity contribution in [2.24, 2.45) is 0 Å². The van der Waals surface area contributed by atoms with Gasteiger partial charge in [-0.1, -0.05) is 30.3 Å². The Hall–Kier alpha value is -3.26. The molecule has 1 N–H and O–H groups in total. The first kappa shape index (κ1) is 20.5. The molecule has 2 aromatic rings. The highest BCUT2D eigenvalue weighted by Gasteiger charge is 2.36. The van der Waals surface area contributed by atoms with Crippen LogP contribution < -0.4 is 14.8 Å². The van der Waals surface area contributed by atoms with E-state index in [9.17, 15) is 14.4 Å². The van der Waals surface area contributed by atoms with Crippen LogP contribution in [-0.2, 0) is 9.59 Å². The lowest BCUT2D eigenvalue weighted by Gasteiger charge is -2.13. The summed E-state index contributed by atoms with van der Waals surface area (Å²) >= 11 is 0.787. The third kappa shape index (κ3) is 4.78. The second-order valence-electron chi connectivity index (χ2n) is 5.99. The first-order valence-electron chi connectivity index (χ1n) is 8.93. The van der Waals surface area contributed by atoms with E-state index in [2.05, 4.69) is 5.32 Å². The number of rotatable bonds is 7. The van der Waals surface area contributed by atoms with Crippen LogP contribution >= 0.6 is 11.8 Å². The van der Waals surface area contributed by atoms with Crippen molar-refractivity contribution in [1.82, 2.24) is 4.90 Å². The van der Waals surface area contributed by atoms with Crippen LogP contribution in [0, 0.1) is 0 Å². The summed E-state index contributed by atoms with van der Waals surface area (Å²) in [4.78, 5) is 38.4. The third-order valence-corrected chi connectivity index (χ3v) is 4.94. The van der Waals surface area contributed by atoms with Gasteiger partial charge < -0.3 is 14.8 Å². The van der Waals surface area contributed by atoms with Gasteiger partial charge in [-0.05, 0) is 43.0 Å². The number of carbonyl (C=O) groups is 3. The number of para-hydroxylation sites is 2. The summed E-state index contributed by atoms with van der Waals surface area (Å²) in [5.74, 6) is 0.0535. The van der Waals surface area contributed by atoms with Crippen molar-refractivity contribution < 1.29 is 23.9 Å². The fraction of sp³-hybridized carbons (Fsp3) is 0.190. The fourth-order valence-electron chi connectivity index (χ4n) is 2.75. The van der Waals surface area contributed by atoms with Gasteiger partial charge >= 0.3 is 0 Å². The molecule has 7 nitrogen and oxygen atoms in total. The normalized spacial score (nSPS) is 15.0. The maximum absolute atomic E-state index is 12.7. The summed E-state index contributed by atoms with van der Waals surface area (Å²) in [5.41, 5.74) is 1.21. The van der Waals surface area contributed by atoms with Gasteiger partial charge in [0.05, 0.1) is 18.6 Å². The van der Waals surface area contributed by atoms with Crippen LogP contribution in [-0.4, -0.2) is 42.2 Å². The molecule has 0 aliphatic carbocycles. The zero-order chi connectivity index (χ0) is 20.8. The van der Waals surface area contributed by atoms with Gasteiger partial charge in [-0.2, -0.15) is 0 Å². The fourth-order valence-corrected chi connectivity index (χ4v) is 3.58. The highest BCUT2D eigenvalue weighted by atomic mass is 32.2. The van der Waals surface area contributed by atoms with E-state index >= 15 is 0 Å². The quantitative estimate of drug-likeness (QED) is 0.697. The van der Waals surface area contributed by atoms with Crippen molar-refractivity contribution in [1.29, 1.82) is 0 Å². The Labute approximate surface area is 172 Å². The Balaban J connectivity index is 1.77.